The number of urea groups is 1. The fourth-order valence-corrected chi connectivity index (χ4v) is 2.51. The molecule has 1 atom stereocenters. The van der Waals surface area contributed by atoms with Crippen molar-refractivity contribution in [3.05, 3.63) is 48.6 Å². The van der Waals surface area contributed by atoms with Gasteiger partial charge in [0.2, 0.25) is 0 Å². The quantitative estimate of drug-likeness (QED) is 0.871. The normalized spacial score (nSPS) is 16.2. The predicted molar refractivity (Wildman–Crippen MR) is 81.6 cm³/mol. The molecule has 116 valence electrons. The molecule has 0 saturated carbocycles. The Morgan fingerprint density at radius 3 is 2.82 bits per heavy atom. The van der Waals surface area contributed by atoms with Crippen LogP contribution in [0.25, 0.3) is 0 Å². The van der Waals surface area contributed by atoms with Crippen LogP contribution in [-0.4, -0.2) is 42.2 Å². The van der Waals surface area contributed by atoms with Gasteiger partial charge in [0.05, 0.1) is 31.5 Å². The van der Waals surface area contributed by atoms with Crippen molar-refractivity contribution in [2.24, 2.45) is 0 Å². The fraction of sp³-hybridized carbons (Fsp3) is 0.375. The fourth-order valence-electron chi connectivity index (χ4n) is 2.51. The monoisotopic (exact) mass is 301 g/mol. The molecule has 2 aromatic rings. The van der Waals surface area contributed by atoms with Gasteiger partial charge in [-0.2, -0.15) is 0 Å². The van der Waals surface area contributed by atoms with Crippen molar-refractivity contribution < 1.29 is 13.9 Å². The molecule has 0 unspecified atom stereocenters. The molecule has 1 saturated heterocycles. The van der Waals surface area contributed by atoms with Crippen molar-refractivity contribution in [3.63, 3.8) is 0 Å². The van der Waals surface area contributed by atoms with Gasteiger partial charge in [-0.3, -0.25) is 4.90 Å². The van der Waals surface area contributed by atoms with Crippen molar-refractivity contribution in [1.82, 2.24) is 9.88 Å². The van der Waals surface area contributed by atoms with Gasteiger partial charge < -0.3 is 14.1 Å². The van der Waals surface area contributed by atoms with Crippen LogP contribution in [0, 0.1) is 0 Å². The van der Waals surface area contributed by atoms with Gasteiger partial charge in [-0.15, -0.1) is 0 Å². The number of anilines is 1. The van der Waals surface area contributed by atoms with E-state index in [1.807, 2.05) is 37.3 Å². The minimum absolute atomic E-state index is 0.0871. The summed E-state index contributed by atoms with van der Waals surface area (Å²) >= 11 is 0. The van der Waals surface area contributed by atoms with Crippen LogP contribution in [0.2, 0.25) is 0 Å². The molecule has 6 nitrogen and oxygen atoms in total. The molecule has 1 aliphatic rings. The van der Waals surface area contributed by atoms with Crippen molar-refractivity contribution >= 4 is 11.8 Å². The summed E-state index contributed by atoms with van der Waals surface area (Å²) in [7, 11) is 1.66. The maximum Gasteiger partial charge on any atom is 0.326 e. The average Bonchev–Trinajstić information content (AvgIpc) is 3.01. The summed E-state index contributed by atoms with van der Waals surface area (Å²) in [5.41, 5.74) is 0. The SMILES string of the molecule is COC1CN(C(=O)N(c2ccccn2)[C@@H](C)c2ccco2)C1. The first-order valence-electron chi connectivity index (χ1n) is 7.26. The van der Waals surface area contributed by atoms with Crippen molar-refractivity contribution in [1.29, 1.82) is 0 Å². The maximum absolute atomic E-state index is 12.8. The number of ether oxygens (including phenoxy) is 1. The Balaban J connectivity index is 1.85. The van der Waals surface area contributed by atoms with Gasteiger partial charge in [0, 0.05) is 13.3 Å². The second-order valence-electron chi connectivity index (χ2n) is 5.29. The molecule has 6 heteroatoms. The van der Waals surface area contributed by atoms with Crippen molar-refractivity contribution in [2.75, 3.05) is 25.1 Å². The van der Waals surface area contributed by atoms with Crippen LogP contribution >= 0.6 is 0 Å². The van der Waals surface area contributed by atoms with Crippen LogP contribution in [0.5, 0.6) is 0 Å². The highest BCUT2D eigenvalue weighted by Crippen LogP contribution is 2.28. The largest absolute Gasteiger partial charge is 0.467 e. The number of aromatic nitrogens is 1. The van der Waals surface area contributed by atoms with Gasteiger partial charge in [0.25, 0.3) is 0 Å². The second kappa shape index (κ2) is 6.19. The molecule has 3 heterocycles. The van der Waals surface area contributed by atoms with Crippen LogP contribution < -0.4 is 4.90 Å². The Morgan fingerprint density at radius 1 is 1.41 bits per heavy atom. The summed E-state index contributed by atoms with van der Waals surface area (Å²) in [4.78, 5) is 20.6. The van der Waals surface area contributed by atoms with E-state index in [0.717, 1.165) is 5.76 Å². The molecule has 1 aliphatic heterocycles. The van der Waals surface area contributed by atoms with Crippen molar-refractivity contribution in [2.45, 2.75) is 19.1 Å². The Hall–Kier alpha value is -2.34. The molecule has 0 bridgehead atoms. The number of pyridine rings is 1. The average molecular weight is 301 g/mol. The van der Waals surface area contributed by atoms with Crippen LogP contribution in [0.4, 0.5) is 10.6 Å². The highest BCUT2D eigenvalue weighted by molar-refractivity contribution is 5.92. The van der Waals surface area contributed by atoms with Gasteiger partial charge in [0.1, 0.15) is 11.6 Å². The van der Waals surface area contributed by atoms with Crippen LogP contribution in [0.15, 0.2) is 47.2 Å². The second-order valence-corrected chi connectivity index (χ2v) is 5.29. The molecule has 22 heavy (non-hydrogen) atoms. The van der Waals surface area contributed by atoms with Crippen molar-refractivity contribution in [3.8, 4) is 0 Å². The summed E-state index contributed by atoms with van der Waals surface area (Å²) in [6, 6.07) is 8.87. The zero-order chi connectivity index (χ0) is 15.5. The molecule has 1 fully saturated rings. The van der Waals surface area contributed by atoms with E-state index < -0.39 is 0 Å². The van der Waals surface area contributed by atoms with Crippen LogP contribution in [0.1, 0.15) is 18.7 Å². The third kappa shape index (κ3) is 2.69. The van der Waals surface area contributed by atoms with E-state index >= 15 is 0 Å². The minimum atomic E-state index is -0.237. The molecular formula is C16H19N3O3. The minimum Gasteiger partial charge on any atom is -0.467 e. The Kier molecular flexibility index (Phi) is 4.11. The predicted octanol–water partition coefficient (Wildman–Crippen LogP) is 2.69. The molecule has 0 N–H and O–H groups in total. The number of carbonyl (C=O) groups is 1. The van der Waals surface area contributed by atoms with Crippen LogP contribution in [-0.2, 0) is 4.74 Å². The lowest BCUT2D eigenvalue weighted by Gasteiger charge is -2.41. The van der Waals surface area contributed by atoms with E-state index in [-0.39, 0.29) is 18.2 Å². The highest BCUT2D eigenvalue weighted by atomic mass is 16.5. The summed E-state index contributed by atoms with van der Waals surface area (Å²) < 4.78 is 10.7. The van der Waals surface area contributed by atoms with E-state index in [0.29, 0.717) is 18.9 Å². The summed E-state index contributed by atoms with van der Waals surface area (Å²) in [5.74, 6) is 1.33. The number of methoxy groups -OCH3 is 1. The molecule has 0 aromatic carbocycles. The van der Waals surface area contributed by atoms with Gasteiger partial charge >= 0.3 is 6.03 Å². The maximum atomic E-state index is 12.8. The Bertz CT molecular complexity index is 609. The number of hydrogen-bond acceptors (Lipinski definition) is 4. The van der Waals surface area contributed by atoms with Gasteiger partial charge in [0.15, 0.2) is 0 Å². The summed E-state index contributed by atoms with van der Waals surface area (Å²) in [6.45, 7) is 3.13. The first kappa shape index (κ1) is 14.6. The number of amides is 2. The van der Waals surface area contributed by atoms with E-state index in [1.165, 1.54) is 0 Å². The van der Waals surface area contributed by atoms with Gasteiger partial charge in [-0.05, 0) is 31.2 Å². The number of furan rings is 1. The lowest BCUT2D eigenvalue weighted by atomic mass is 10.1. The number of carbonyl (C=O) groups excluding carboxylic acids is 1. The zero-order valence-corrected chi connectivity index (χ0v) is 12.7. The smallest absolute Gasteiger partial charge is 0.326 e. The lowest BCUT2D eigenvalue weighted by molar-refractivity contribution is -0.00654. The topological polar surface area (TPSA) is 58.8 Å². The molecule has 0 spiro atoms. The number of likely N-dealkylation sites (tertiary alicyclic amines) is 1. The first-order chi connectivity index (χ1) is 10.7. The first-order valence-corrected chi connectivity index (χ1v) is 7.26. The van der Waals surface area contributed by atoms with E-state index in [4.69, 9.17) is 9.15 Å². The molecule has 0 aliphatic carbocycles. The van der Waals surface area contributed by atoms with Crippen LogP contribution in [0.3, 0.4) is 0 Å². The zero-order valence-electron chi connectivity index (χ0n) is 12.7. The summed E-state index contributed by atoms with van der Waals surface area (Å²) in [6.07, 6.45) is 3.41. The lowest BCUT2D eigenvalue weighted by Crippen LogP contribution is -2.58. The highest BCUT2D eigenvalue weighted by Gasteiger charge is 2.36. The Morgan fingerprint density at radius 2 is 2.23 bits per heavy atom. The molecule has 0 radical (unpaired) electrons. The van der Waals surface area contributed by atoms with E-state index in [1.54, 1.807) is 29.4 Å². The standard InChI is InChI=1S/C16H19N3O3/c1-12(14-6-5-9-22-14)19(15-7-3-4-8-17-15)16(20)18-10-13(11-18)21-2/h3-9,12-13H,10-11H2,1-2H3/t12-/m0/s1. The Labute approximate surface area is 129 Å². The molecule has 3 rings (SSSR count). The number of hydrogen-bond donors (Lipinski definition) is 0. The number of nitrogens with zero attached hydrogens (tertiary/aromatic N) is 3. The molecule has 2 amide bonds. The summed E-state index contributed by atoms with van der Waals surface area (Å²) in [5, 5.41) is 0. The van der Waals surface area contributed by atoms with E-state index in [2.05, 4.69) is 4.98 Å². The number of rotatable bonds is 4. The van der Waals surface area contributed by atoms with E-state index in [9.17, 15) is 4.79 Å². The third-order valence-electron chi connectivity index (χ3n) is 3.90. The molecule has 2 aromatic heterocycles. The van der Waals surface area contributed by atoms with Gasteiger partial charge in [-0.1, -0.05) is 6.07 Å². The van der Waals surface area contributed by atoms with Gasteiger partial charge in [-0.25, -0.2) is 9.78 Å². The molecular weight excluding hydrogens is 282 g/mol. The third-order valence-corrected chi connectivity index (χ3v) is 3.90.